The first-order valence-electron chi connectivity index (χ1n) is 4.55. The molecule has 0 heterocycles. The lowest BCUT2D eigenvalue weighted by atomic mass is 10.0. The Hall–Kier alpha value is -2.78. The summed E-state index contributed by atoms with van der Waals surface area (Å²) in [4.78, 5) is 29.1. The van der Waals surface area contributed by atoms with E-state index in [2.05, 4.69) is 0 Å². The van der Waals surface area contributed by atoms with Crippen molar-refractivity contribution in [3.8, 4) is 0 Å². The molecule has 0 unspecified atom stereocenters. The molecule has 0 aliphatic rings. The molecule has 10 nitrogen and oxygen atoms in total. The van der Waals surface area contributed by atoms with Crippen LogP contribution in [0.3, 0.4) is 0 Å². The molecule has 0 fully saturated rings. The molecule has 0 radical (unpaired) electrons. The first-order valence-corrected chi connectivity index (χ1v) is 4.55. The van der Waals surface area contributed by atoms with Gasteiger partial charge in [-0.3, -0.25) is 30.3 Å². The Bertz CT molecular complexity index is 540. The Morgan fingerprint density at radius 3 is 1.50 bits per heavy atom. The Morgan fingerprint density at radius 1 is 0.778 bits per heavy atom. The lowest BCUT2D eigenvalue weighted by molar-refractivity contribution is -0.440. The number of hydrogen-bond acceptors (Lipinski definition) is 7. The minimum absolute atomic E-state index is 0.0604. The summed E-state index contributed by atoms with van der Waals surface area (Å²) in [5.74, 6) is 0. The molecule has 1 rings (SSSR count). The fraction of sp³-hybridized carbons (Fsp3) is 0.250. The highest BCUT2D eigenvalue weighted by atomic mass is 16.6. The molecule has 0 spiro atoms. The van der Waals surface area contributed by atoms with E-state index in [1.807, 2.05) is 0 Å². The number of benzene rings is 1. The molecule has 0 aliphatic heterocycles. The van der Waals surface area contributed by atoms with Crippen LogP contribution >= 0.6 is 0 Å². The summed E-state index contributed by atoms with van der Waals surface area (Å²) in [7, 11) is 0. The van der Waals surface area contributed by atoms with Crippen LogP contribution in [0.5, 0.6) is 0 Å². The SMILES string of the molecule is Cc1c(C)c([N+](=O)[O-])c([N+](=O)[O-])c([N+](=O)[O-])c1N. The van der Waals surface area contributed by atoms with Crippen LogP contribution in [0.4, 0.5) is 22.7 Å². The smallest absolute Gasteiger partial charge is 0.393 e. The third-order valence-corrected chi connectivity index (χ3v) is 2.57. The average Bonchev–Trinajstić information content (AvgIpc) is 2.23. The quantitative estimate of drug-likeness (QED) is 0.488. The molecule has 10 heteroatoms. The second-order valence-electron chi connectivity index (χ2n) is 3.48. The van der Waals surface area contributed by atoms with Crippen LogP contribution in [-0.4, -0.2) is 14.8 Å². The van der Waals surface area contributed by atoms with Gasteiger partial charge in [-0.2, -0.15) is 0 Å². The zero-order valence-electron chi connectivity index (χ0n) is 9.37. The first-order chi connectivity index (χ1) is 8.20. The van der Waals surface area contributed by atoms with E-state index in [-0.39, 0.29) is 11.1 Å². The molecule has 2 N–H and O–H groups in total. The number of hydrogen-bond donors (Lipinski definition) is 1. The van der Waals surface area contributed by atoms with Gasteiger partial charge in [-0.15, -0.1) is 0 Å². The predicted molar refractivity (Wildman–Crippen MR) is 60.3 cm³/mol. The molecule has 1 aromatic rings. The van der Waals surface area contributed by atoms with Gasteiger partial charge in [-0.25, -0.2) is 0 Å². The van der Waals surface area contributed by atoms with Gasteiger partial charge in [0.2, 0.25) is 0 Å². The molecule has 0 amide bonds. The topological polar surface area (TPSA) is 155 Å². The lowest BCUT2D eigenvalue weighted by Gasteiger charge is -2.06. The highest BCUT2D eigenvalue weighted by Gasteiger charge is 2.41. The van der Waals surface area contributed by atoms with E-state index in [4.69, 9.17) is 5.73 Å². The molecule has 0 aliphatic carbocycles. The van der Waals surface area contributed by atoms with Crippen molar-refractivity contribution in [2.45, 2.75) is 13.8 Å². The van der Waals surface area contributed by atoms with Gasteiger partial charge in [-0.1, -0.05) is 0 Å². The largest absolute Gasteiger partial charge is 0.424 e. The van der Waals surface area contributed by atoms with Crippen molar-refractivity contribution >= 4 is 22.7 Å². The maximum absolute atomic E-state index is 10.8. The molecule has 0 aromatic heterocycles. The Labute approximate surface area is 99.5 Å². The second-order valence-corrected chi connectivity index (χ2v) is 3.48. The van der Waals surface area contributed by atoms with Crippen molar-refractivity contribution in [3.05, 3.63) is 41.5 Å². The molecular weight excluding hydrogens is 248 g/mol. The fourth-order valence-corrected chi connectivity index (χ4v) is 1.56. The van der Waals surface area contributed by atoms with Crippen molar-refractivity contribution in [2.24, 2.45) is 0 Å². The van der Waals surface area contributed by atoms with Crippen molar-refractivity contribution in [2.75, 3.05) is 5.73 Å². The molecule has 0 saturated carbocycles. The van der Waals surface area contributed by atoms with Crippen molar-refractivity contribution in [1.82, 2.24) is 0 Å². The van der Waals surface area contributed by atoms with Crippen molar-refractivity contribution < 1.29 is 14.8 Å². The summed E-state index contributed by atoms with van der Waals surface area (Å²) in [5.41, 5.74) is 1.87. The maximum Gasteiger partial charge on any atom is 0.424 e. The van der Waals surface area contributed by atoms with E-state index in [1.165, 1.54) is 13.8 Å². The number of nitrogens with two attached hydrogens (primary N) is 1. The second kappa shape index (κ2) is 4.24. The molecule has 1 aromatic carbocycles. The van der Waals surface area contributed by atoms with Crippen LogP contribution < -0.4 is 5.73 Å². The summed E-state index contributed by atoms with van der Waals surface area (Å²) >= 11 is 0. The molecular formula is C8H8N4O6. The molecule has 0 atom stereocenters. The molecule has 0 bridgehead atoms. The van der Waals surface area contributed by atoms with Gasteiger partial charge >= 0.3 is 17.1 Å². The summed E-state index contributed by atoms with van der Waals surface area (Å²) in [6, 6.07) is 0. The Balaban J connectivity index is 3.99. The highest BCUT2D eigenvalue weighted by molar-refractivity contribution is 5.82. The molecule has 18 heavy (non-hydrogen) atoms. The fourth-order valence-electron chi connectivity index (χ4n) is 1.56. The summed E-state index contributed by atoms with van der Waals surface area (Å²) in [5, 5.41) is 32.4. The van der Waals surface area contributed by atoms with E-state index in [0.29, 0.717) is 0 Å². The maximum atomic E-state index is 10.8. The highest BCUT2D eigenvalue weighted by Crippen LogP contribution is 2.45. The van der Waals surface area contributed by atoms with E-state index in [9.17, 15) is 30.3 Å². The molecule has 0 saturated heterocycles. The Morgan fingerprint density at radius 2 is 1.17 bits per heavy atom. The third kappa shape index (κ3) is 1.79. The number of rotatable bonds is 3. The van der Waals surface area contributed by atoms with Crippen LogP contribution in [0.15, 0.2) is 0 Å². The first kappa shape index (κ1) is 13.3. The minimum Gasteiger partial charge on any atom is -0.393 e. The van der Waals surface area contributed by atoms with Gasteiger partial charge < -0.3 is 5.73 Å². The van der Waals surface area contributed by atoms with Gasteiger partial charge in [0.25, 0.3) is 0 Å². The zero-order chi connectivity index (χ0) is 14.2. The average molecular weight is 256 g/mol. The monoisotopic (exact) mass is 256 g/mol. The number of nitro groups is 3. The zero-order valence-corrected chi connectivity index (χ0v) is 9.37. The van der Waals surface area contributed by atoms with Gasteiger partial charge in [0.15, 0.2) is 0 Å². The standard InChI is InChI=1S/C8H8N4O6/c1-3-4(2)6(10(13)14)8(12(17)18)7(5(3)9)11(15)16/h9H2,1-2H3. The van der Waals surface area contributed by atoms with E-state index < -0.39 is 37.5 Å². The number of nitrogens with zero attached hydrogens (tertiary/aromatic N) is 3. The summed E-state index contributed by atoms with van der Waals surface area (Å²) in [6.45, 7) is 2.58. The lowest BCUT2D eigenvalue weighted by Crippen LogP contribution is -2.08. The van der Waals surface area contributed by atoms with Gasteiger partial charge in [-0.05, 0) is 19.4 Å². The van der Waals surface area contributed by atoms with Crippen LogP contribution in [0, 0.1) is 44.2 Å². The van der Waals surface area contributed by atoms with Crippen LogP contribution in [-0.2, 0) is 0 Å². The number of nitrogen functional groups attached to an aromatic ring is 1. The predicted octanol–water partition coefficient (Wildman–Crippen LogP) is 1.61. The van der Waals surface area contributed by atoms with Gasteiger partial charge in [0.05, 0.1) is 14.8 Å². The normalized spacial score (nSPS) is 10.1. The van der Waals surface area contributed by atoms with Gasteiger partial charge in [0, 0.05) is 5.56 Å². The van der Waals surface area contributed by atoms with E-state index in [1.54, 1.807) is 0 Å². The number of anilines is 1. The van der Waals surface area contributed by atoms with Gasteiger partial charge in [0.1, 0.15) is 5.69 Å². The van der Waals surface area contributed by atoms with E-state index in [0.717, 1.165) is 0 Å². The van der Waals surface area contributed by atoms with Crippen LogP contribution in [0.25, 0.3) is 0 Å². The van der Waals surface area contributed by atoms with E-state index >= 15 is 0 Å². The van der Waals surface area contributed by atoms with Crippen LogP contribution in [0.1, 0.15) is 11.1 Å². The molecule has 96 valence electrons. The summed E-state index contributed by atoms with van der Waals surface area (Å²) in [6.07, 6.45) is 0. The number of nitro benzene ring substituents is 3. The third-order valence-electron chi connectivity index (χ3n) is 2.57. The minimum atomic E-state index is -1.19. The van der Waals surface area contributed by atoms with Crippen molar-refractivity contribution in [3.63, 3.8) is 0 Å². The Kier molecular flexibility index (Phi) is 3.13. The van der Waals surface area contributed by atoms with Crippen molar-refractivity contribution in [1.29, 1.82) is 0 Å². The summed E-state index contributed by atoms with van der Waals surface area (Å²) < 4.78 is 0. The van der Waals surface area contributed by atoms with Crippen LogP contribution in [0.2, 0.25) is 0 Å².